The van der Waals surface area contributed by atoms with Crippen molar-refractivity contribution in [2.24, 2.45) is 15.3 Å². The fraction of sp³-hybridized carbons (Fsp3) is 0.0800. The number of benzene rings is 3. The van der Waals surface area contributed by atoms with Crippen LogP contribution < -0.4 is 5.43 Å². The Bertz CT molecular complexity index is 1250. The molecule has 8 heteroatoms. The van der Waals surface area contributed by atoms with Gasteiger partial charge in [-0.1, -0.05) is 0 Å². The molecule has 1 N–H and O–H groups in total. The van der Waals surface area contributed by atoms with Gasteiger partial charge in [0.1, 0.15) is 0 Å². The third-order valence-electron chi connectivity index (χ3n) is 4.46. The van der Waals surface area contributed by atoms with Crippen molar-refractivity contribution in [2.45, 2.75) is 6.92 Å². The molecule has 0 aliphatic carbocycles. The number of nitrogens with one attached hydrogen (secondary N) is 1. The third kappa shape index (κ3) is 6.10. The van der Waals surface area contributed by atoms with Crippen molar-refractivity contribution in [1.82, 2.24) is 4.98 Å². The number of anilines is 1. The Balaban J connectivity index is 1.55. The molecular weight excluding hydrogens is 481 g/mol. The number of azo groups is 1. The normalized spacial score (nSPS) is 11.2. The first-order valence-corrected chi connectivity index (χ1v) is 12.0. The van der Waals surface area contributed by atoms with Gasteiger partial charge in [0.15, 0.2) is 0 Å². The van der Waals surface area contributed by atoms with Crippen LogP contribution in [0.15, 0.2) is 100 Å². The molecule has 0 saturated heterocycles. The maximum absolute atomic E-state index is 11.8. The van der Waals surface area contributed by atoms with Gasteiger partial charge in [-0.2, -0.15) is 0 Å². The number of carbonyl (C=O) groups is 1. The molecule has 4 rings (SSSR count). The van der Waals surface area contributed by atoms with E-state index in [4.69, 9.17) is 9.72 Å². The van der Waals surface area contributed by atoms with Gasteiger partial charge in [-0.15, -0.1) is 0 Å². The average Bonchev–Trinajstić information content (AvgIpc) is 3.27. The molecule has 0 amide bonds. The molecule has 164 valence electrons. The summed E-state index contributed by atoms with van der Waals surface area (Å²) in [6.45, 7) is 2.12. The van der Waals surface area contributed by atoms with Crippen molar-refractivity contribution in [3.8, 4) is 11.3 Å². The standard InChI is InChI=1S/C25H21N5O2Se/c1-2-32-24(31)20-13-15-21(16-14-20)28-29-23-22(19-11-7-4-8-12-19)27-25(33-23)30-26-17-18-9-5-3-6-10-18/h3-17H,2H2,1H3,(H,27,30). The zero-order valence-electron chi connectivity index (χ0n) is 17.9. The number of carbonyl (C=O) groups excluding carboxylic acids is 1. The second-order valence-corrected chi connectivity index (χ2v) is 8.84. The van der Waals surface area contributed by atoms with Crippen LogP contribution in [0.4, 0.5) is 14.9 Å². The van der Waals surface area contributed by atoms with Gasteiger partial charge in [0.25, 0.3) is 0 Å². The van der Waals surface area contributed by atoms with Gasteiger partial charge in [-0.25, -0.2) is 0 Å². The van der Waals surface area contributed by atoms with Gasteiger partial charge in [-0.3, -0.25) is 0 Å². The first kappa shape index (κ1) is 22.3. The summed E-state index contributed by atoms with van der Waals surface area (Å²) in [7, 11) is 0. The van der Waals surface area contributed by atoms with Crippen molar-refractivity contribution in [1.29, 1.82) is 0 Å². The summed E-state index contributed by atoms with van der Waals surface area (Å²) >= 11 is -0.187. The molecule has 0 aliphatic rings. The molecule has 0 spiro atoms. The van der Waals surface area contributed by atoms with E-state index in [0.29, 0.717) is 17.9 Å². The fourth-order valence-electron chi connectivity index (χ4n) is 2.89. The zero-order chi connectivity index (χ0) is 22.9. The van der Waals surface area contributed by atoms with Crippen molar-refractivity contribution in [3.05, 3.63) is 96.1 Å². The Hall–Kier alpha value is -3.87. The minimum atomic E-state index is -0.352. The number of hydrogen-bond acceptors (Lipinski definition) is 7. The molecule has 33 heavy (non-hydrogen) atoms. The molecule has 0 fully saturated rings. The Morgan fingerprint density at radius 1 is 0.970 bits per heavy atom. The van der Waals surface area contributed by atoms with E-state index in [0.717, 1.165) is 26.1 Å². The molecule has 0 unspecified atom stereocenters. The summed E-state index contributed by atoms with van der Waals surface area (Å²) in [6, 6.07) is 26.6. The molecule has 7 nitrogen and oxygen atoms in total. The Morgan fingerprint density at radius 3 is 2.36 bits per heavy atom. The molecule has 0 radical (unpaired) electrons. The minimum absolute atomic E-state index is 0.187. The van der Waals surface area contributed by atoms with Gasteiger partial charge < -0.3 is 0 Å². The number of nitrogens with zero attached hydrogens (tertiary/aromatic N) is 4. The van der Waals surface area contributed by atoms with Crippen LogP contribution in [0.25, 0.3) is 11.3 Å². The third-order valence-corrected chi connectivity index (χ3v) is 6.24. The number of ether oxygens (including phenoxy) is 1. The predicted octanol–water partition coefficient (Wildman–Crippen LogP) is 5.84. The van der Waals surface area contributed by atoms with Crippen LogP contribution >= 0.6 is 0 Å². The van der Waals surface area contributed by atoms with Gasteiger partial charge >= 0.3 is 198 Å². The van der Waals surface area contributed by atoms with E-state index in [1.807, 2.05) is 60.7 Å². The number of hydrazone groups is 1. The van der Waals surface area contributed by atoms with E-state index in [9.17, 15) is 4.79 Å². The topological polar surface area (TPSA) is 88.3 Å². The molecular formula is C25H21N5O2Se. The first-order valence-electron chi connectivity index (χ1n) is 10.3. The second kappa shape index (κ2) is 11.1. The van der Waals surface area contributed by atoms with E-state index in [-0.39, 0.29) is 20.5 Å². The van der Waals surface area contributed by atoms with E-state index in [1.165, 1.54) is 0 Å². The quantitative estimate of drug-likeness (QED) is 0.108. The number of aromatic nitrogens is 1. The van der Waals surface area contributed by atoms with Crippen molar-refractivity contribution >= 4 is 41.6 Å². The molecule has 0 atom stereocenters. The van der Waals surface area contributed by atoms with E-state index < -0.39 is 0 Å². The summed E-state index contributed by atoms with van der Waals surface area (Å²) in [6.07, 6.45) is 1.76. The molecule has 4 aromatic rings. The monoisotopic (exact) mass is 503 g/mol. The van der Waals surface area contributed by atoms with E-state index >= 15 is 0 Å². The van der Waals surface area contributed by atoms with E-state index in [2.05, 4.69) is 20.8 Å². The maximum atomic E-state index is 11.8. The number of rotatable bonds is 8. The number of esters is 1. The van der Waals surface area contributed by atoms with Crippen LogP contribution in [0.5, 0.6) is 0 Å². The van der Waals surface area contributed by atoms with Crippen molar-refractivity contribution < 1.29 is 9.53 Å². The molecule has 1 aromatic heterocycles. The SMILES string of the molecule is CCOC(=O)c1ccc(N=Nc2[se]c(NN=Cc3ccccc3)nc2-c2ccccc2)cc1. The Labute approximate surface area is 197 Å². The van der Waals surface area contributed by atoms with Gasteiger partial charge in [0.05, 0.1) is 0 Å². The second-order valence-electron chi connectivity index (χ2n) is 6.79. The van der Waals surface area contributed by atoms with Crippen LogP contribution in [0.1, 0.15) is 22.8 Å². The van der Waals surface area contributed by atoms with Crippen LogP contribution in [0, 0.1) is 0 Å². The van der Waals surface area contributed by atoms with Crippen molar-refractivity contribution in [2.75, 3.05) is 12.0 Å². The summed E-state index contributed by atoms with van der Waals surface area (Å²) < 4.78 is 6.56. The summed E-state index contributed by atoms with van der Waals surface area (Å²) in [5.41, 5.74) is 6.91. The molecule has 0 saturated carbocycles. The van der Waals surface area contributed by atoms with Crippen LogP contribution in [0.3, 0.4) is 0 Å². The summed E-state index contributed by atoms with van der Waals surface area (Å²) in [4.78, 5) is 16.5. The van der Waals surface area contributed by atoms with Crippen LogP contribution in [-0.2, 0) is 4.74 Å². The predicted molar refractivity (Wildman–Crippen MR) is 131 cm³/mol. The van der Waals surface area contributed by atoms with Crippen LogP contribution in [-0.4, -0.2) is 38.3 Å². The number of hydrogen-bond donors (Lipinski definition) is 1. The Kier molecular flexibility index (Phi) is 7.53. The average molecular weight is 502 g/mol. The Morgan fingerprint density at radius 2 is 1.67 bits per heavy atom. The summed E-state index contributed by atoms with van der Waals surface area (Å²) in [5.74, 6) is -0.352. The zero-order valence-corrected chi connectivity index (χ0v) is 19.6. The molecule has 0 aliphatic heterocycles. The van der Waals surface area contributed by atoms with Crippen molar-refractivity contribution in [3.63, 3.8) is 0 Å². The van der Waals surface area contributed by atoms with Gasteiger partial charge in [-0.05, 0) is 0 Å². The fourth-order valence-corrected chi connectivity index (χ4v) is 4.49. The van der Waals surface area contributed by atoms with Crippen LogP contribution in [0.2, 0.25) is 0 Å². The van der Waals surface area contributed by atoms with Gasteiger partial charge in [0.2, 0.25) is 0 Å². The van der Waals surface area contributed by atoms with E-state index in [1.54, 1.807) is 37.4 Å². The summed E-state index contributed by atoms with van der Waals surface area (Å²) in [5, 5.41) is 13.2. The van der Waals surface area contributed by atoms with Gasteiger partial charge in [0, 0.05) is 0 Å². The first-order chi connectivity index (χ1) is 16.2. The molecule has 1 heterocycles. The molecule has 3 aromatic carbocycles. The molecule has 0 bridgehead atoms.